The molecule has 1 saturated carbocycles. The standard InChI is InChI=1S/C22H21N3O2S2/c1-12-8-16(14(3)25(12)15-5-6-15)18(26)9-24-11-23-21-20(22(24)27)17(10-28-21)19-7-4-13(2)29-19/h4,7-8,10-11,15H,5-6,9H2,1-3H3. The second-order valence-corrected chi connectivity index (χ2v) is 9.87. The van der Waals surface area contributed by atoms with E-state index in [1.54, 1.807) is 11.3 Å². The van der Waals surface area contributed by atoms with Crippen molar-refractivity contribution in [3.05, 3.63) is 62.1 Å². The summed E-state index contributed by atoms with van der Waals surface area (Å²) in [6.07, 6.45) is 3.85. The van der Waals surface area contributed by atoms with Gasteiger partial charge in [0.15, 0.2) is 5.78 Å². The van der Waals surface area contributed by atoms with E-state index in [-0.39, 0.29) is 17.9 Å². The van der Waals surface area contributed by atoms with Gasteiger partial charge in [0.2, 0.25) is 0 Å². The maximum absolute atomic E-state index is 13.2. The molecule has 0 radical (unpaired) electrons. The van der Waals surface area contributed by atoms with Crippen molar-refractivity contribution >= 4 is 38.7 Å². The number of nitrogens with zero attached hydrogens (tertiary/aromatic N) is 3. The molecule has 0 aromatic carbocycles. The number of fused-ring (bicyclic) bond motifs is 1. The summed E-state index contributed by atoms with van der Waals surface area (Å²) < 4.78 is 3.71. The zero-order valence-electron chi connectivity index (χ0n) is 16.6. The molecule has 4 aromatic heterocycles. The van der Waals surface area contributed by atoms with Crippen LogP contribution in [0.2, 0.25) is 0 Å². The van der Waals surface area contributed by atoms with Crippen molar-refractivity contribution in [1.29, 1.82) is 0 Å². The number of carbonyl (C=O) groups is 1. The van der Waals surface area contributed by atoms with Gasteiger partial charge < -0.3 is 4.57 Å². The molecule has 0 bridgehead atoms. The molecule has 148 valence electrons. The van der Waals surface area contributed by atoms with E-state index in [9.17, 15) is 9.59 Å². The SMILES string of the molecule is Cc1ccc(-c2csc3ncn(CC(=O)c4cc(C)n(C5CC5)c4C)c(=O)c23)s1. The summed E-state index contributed by atoms with van der Waals surface area (Å²) in [5.74, 6) is -0.0444. The molecule has 1 fully saturated rings. The van der Waals surface area contributed by atoms with Crippen LogP contribution in [-0.2, 0) is 6.54 Å². The lowest BCUT2D eigenvalue weighted by atomic mass is 10.1. The highest BCUT2D eigenvalue weighted by atomic mass is 32.1. The van der Waals surface area contributed by atoms with Crippen LogP contribution in [0, 0.1) is 20.8 Å². The Labute approximate surface area is 176 Å². The predicted molar refractivity (Wildman–Crippen MR) is 118 cm³/mol. The Kier molecular flexibility index (Phi) is 4.33. The minimum absolute atomic E-state index is 0.00941. The molecular weight excluding hydrogens is 402 g/mol. The average Bonchev–Trinajstić information content (AvgIpc) is 3.13. The molecule has 1 aliphatic carbocycles. The summed E-state index contributed by atoms with van der Waals surface area (Å²) in [6.45, 7) is 6.10. The van der Waals surface area contributed by atoms with Crippen LogP contribution in [-0.4, -0.2) is 19.9 Å². The number of carbonyl (C=O) groups excluding carboxylic acids is 1. The largest absolute Gasteiger partial charge is 0.345 e. The minimum atomic E-state index is -0.151. The van der Waals surface area contributed by atoms with Crippen LogP contribution in [0.5, 0.6) is 0 Å². The quantitative estimate of drug-likeness (QED) is 0.418. The van der Waals surface area contributed by atoms with Gasteiger partial charge in [-0.2, -0.15) is 0 Å². The Morgan fingerprint density at radius 2 is 2.03 bits per heavy atom. The second kappa shape index (κ2) is 6.78. The van der Waals surface area contributed by atoms with Crippen LogP contribution >= 0.6 is 22.7 Å². The molecule has 0 spiro atoms. The first-order chi connectivity index (χ1) is 13.9. The minimum Gasteiger partial charge on any atom is -0.345 e. The van der Waals surface area contributed by atoms with Crippen molar-refractivity contribution in [1.82, 2.24) is 14.1 Å². The monoisotopic (exact) mass is 423 g/mol. The lowest BCUT2D eigenvalue weighted by Crippen LogP contribution is -2.24. The molecule has 7 heteroatoms. The van der Waals surface area contributed by atoms with Crippen LogP contribution in [0.4, 0.5) is 0 Å². The number of thiophene rings is 2. The number of aryl methyl sites for hydroxylation is 2. The number of Topliss-reactive ketones (excluding diaryl/α,β-unsaturated/α-hetero) is 1. The molecule has 1 aliphatic rings. The molecule has 29 heavy (non-hydrogen) atoms. The van der Waals surface area contributed by atoms with E-state index < -0.39 is 0 Å². The van der Waals surface area contributed by atoms with Gasteiger partial charge in [0, 0.05) is 43.7 Å². The summed E-state index contributed by atoms with van der Waals surface area (Å²) >= 11 is 3.13. The highest BCUT2D eigenvalue weighted by molar-refractivity contribution is 7.19. The molecule has 4 aromatic rings. The average molecular weight is 424 g/mol. The summed E-state index contributed by atoms with van der Waals surface area (Å²) in [6, 6.07) is 6.57. The van der Waals surface area contributed by atoms with Gasteiger partial charge in [-0.15, -0.1) is 22.7 Å². The number of hydrogen-bond donors (Lipinski definition) is 0. The number of aromatic nitrogens is 3. The van der Waals surface area contributed by atoms with Gasteiger partial charge >= 0.3 is 0 Å². The second-order valence-electron chi connectivity index (χ2n) is 7.73. The van der Waals surface area contributed by atoms with Crippen LogP contribution in [0.25, 0.3) is 20.7 Å². The molecular formula is C22H21N3O2S2. The summed E-state index contributed by atoms with van der Waals surface area (Å²) in [4.78, 5) is 33.7. The van der Waals surface area contributed by atoms with Gasteiger partial charge in [-0.3, -0.25) is 14.2 Å². The van der Waals surface area contributed by atoms with E-state index in [1.807, 2.05) is 31.4 Å². The van der Waals surface area contributed by atoms with E-state index >= 15 is 0 Å². The summed E-state index contributed by atoms with van der Waals surface area (Å²) in [5.41, 5.74) is 3.58. The highest BCUT2D eigenvalue weighted by Gasteiger charge is 2.28. The summed E-state index contributed by atoms with van der Waals surface area (Å²) in [5, 5.41) is 2.59. The van der Waals surface area contributed by atoms with Gasteiger partial charge in [0.25, 0.3) is 5.56 Å². The van der Waals surface area contributed by atoms with Crippen LogP contribution in [0.3, 0.4) is 0 Å². The fourth-order valence-electron chi connectivity index (χ4n) is 4.03. The first-order valence-electron chi connectivity index (χ1n) is 9.69. The Bertz CT molecular complexity index is 1320. The smallest absolute Gasteiger partial charge is 0.263 e. The van der Waals surface area contributed by atoms with Gasteiger partial charge in [0.05, 0.1) is 18.3 Å². The van der Waals surface area contributed by atoms with Crippen LogP contribution in [0.1, 0.15) is 45.5 Å². The summed E-state index contributed by atoms with van der Waals surface area (Å²) in [7, 11) is 0. The highest BCUT2D eigenvalue weighted by Crippen LogP contribution is 2.38. The lowest BCUT2D eigenvalue weighted by molar-refractivity contribution is 0.0970. The molecule has 0 unspecified atom stereocenters. The molecule has 5 nitrogen and oxygen atoms in total. The lowest BCUT2D eigenvalue weighted by Gasteiger charge is -2.08. The van der Waals surface area contributed by atoms with Crippen molar-refractivity contribution in [3.8, 4) is 10.4 Å². The van der Waals surface area contributed by atoms with Crippen molar-refractivity contribution in [2.45, 2.75) is 46.2 Å². The number of hydrogen-bond acceptors (Lipinski definition) is 5. The Morgan fingerprint density at radius 3 is 2.72 bits per heavy atom. The van der Waals surface area contributed by atoms with Crippen molar-refractivity contribution in [2.24, 2.45) is 0 Å². The van der Waals surface area contributed by atoms with Crippen LogP contribution < -0.4 is 5.56 Å². The first kappa shape index (κ1) is 18.5. The molecule has 0 saturated heterocycles. The topological polar surface area (TPSA) is 56.9 Å². The van der Waals surface area contributed by atoms with Gasteiger partial charge in [-0.1, -0.05) is 0 Å². The van der Waals surface area contributed by atoms with Crippen molar-refractivity contribution < 1.29 is 4.79 Å². The number of rotatable bonds is 5. The van der Waals surface area contributed by atoms with Crippen molar-refractivity contribution in [2.75, 3.05) is 0 Å². The van der Waals surface area contributed by atoms with E-state index in [2.05, 4.69) is 22.5 Å². The van der Waals surface area contributed by atoms with E-state index in [0.717, 1.165) is 21.8 Å². The molecule has 0 amide bonds. The van der Waals surface area contributed by atoms with Crippen molar-refractivity contribution in [3.63, 3.8) is 0 Å². The maximum Gasteiger partial charge on any atom is 0.263 e. The van der Waals surface area contributed by atoms with Gasteiger partial charge in [-0.05, 0) is 51.8 Å². The van der Waals surface area contributed by atoms with E-state index in [0.29, 0.717) is 21.8 Å². The fraction of sp³-hybridized carbons (Fsp3) is 0.318. The molecule has 0 N–H and O–H groups in total. The fourth-order valence-corrected chi connectivity index (χ4v) is 5.90. The molecule has 0 aliphatic heterocycles. The number of ketones is 1. The third kappa shape index (κ3) is 3.09. The van der Waals surface area contributed by atoms with Crippen LogP contribution in [0.15, 0.2) is 34.7 Å². The predicted octanol–water partition coefficient (Wildman–Crippen LogP) is 5.13. The zero-order valence-corrected chi connectivity index (χ0v) is 18.2. The van der Waals surface area contributed by atoms with Gasteiger partial charge in [0.1, 0.15) is 4.83 Å². The molecule has 0 atom stereocenters. The Morgan fingerprint density at radius 1 is 1.24 bits per heavy atom. The maximum atomic E-state index is 13.2. The van der Waals surface area contributed by atoms with Gasteiger partial charge in [-0.25, -0.2) is 4.98 Å². The van der Waals surface area contributed by atoms with E-state index in [4.69, 9.17) is 0 Å². The third-order valence-corrected chi connectivity index (χ3v) is 7.50. The molecule has 4 heterocycles. The third-order valence-electron chi connectivity index (χ3n) is 5.58. The molecule has 5 rings (SSSR count). The normalized spacial score (nSPS) is 14.0. The Balaban J connectivity index is 1.53. The van der Waals surface area contributed by atoms with E-state index in [1.165, 1.54) is 39.9 Å². The Hall–Kier alpha value is -2.51. The zero-order chi connectivity index (χ0) is 20.3. The first-order valence-corrected chi connectivity index (χ1v) is 11.4.